The third-order valence-corrected chi connectivity index (χ3v) is 4.81. The van der Waals surface area contributed by atoms with Crippen LogP contribution in [-0.2, 0) is 11.2 Å². The number of carbonyl (C=O) groups is 1. The monoisotopic (exact) mass is 353 g/mol. The van der Waals surface area contributed by atoms with Gasteiger partial charge >= 0.3 is 0 Å². The molecule has 0 bridgehead atoms. The predicted molar refractivity (Wildman–Crippen MR) is 103 cm³/mol. The molecule has 4 nitrogen and oxygen atoms in total. The van der Waals surface area contributed by atoms with Gasteiger partial charge in [0.05, 0.1) is 13.2 Å². The van der Waals surface area contributed by atoms with Crippen LogP contribution in [0, 0.1) is 5.92 Å². The fraction of sp³-hybridized carbons (Fsp3) is 0.409. The summed E-state index contributed by atoms with van der Waals surface area (Å²) in [7, 11) is 1.65. The van der Waals surface area contributed by atoms with E-state index in [0.717, 1.165) is 24.3 Å². The molecular weight excluding hydrogens is 326 g/mol. The van der Waals surface area contributed by atoms with Crippen molar-refractivity contribution in [3.63, 3.8) is 0 Å². The molecule has 1 N–H and O–H groups in total. The zero-order chi connectivity index (χ0) is 18.5. The first-order valence-corrected chi connectivity index (χ1v) is 9.23. The molecule has 0 radical (unpaired) electrons. The Hall–Kier alpha value is -2.49. The lowest BCUT2D eigenvalue weighted by molar-refractivity contribution is -0.126. The summed E-state index contributed by atoms with van der Waals surface area (Å²) < 4.78 is 11.3. The Labute approximate surface area is 155 Å². The van der Waals surface area contributed by atoms with E-state index in [9.17, 15) is 4.79 Å². The van der Waals surface area contributed by atoms with Gasteiger partial charge in [-0.1, -0.05) is 36.4 Å². The van der Waals surface area contributed by atoms with Gasteiger partial charge in [-0.25, -0.2) is 0 Å². The van der Waals surface area contributed by atoms with Crippen LogP contribution in [0.15, 0.2) is 48.5 Å². The number of piperidine rings is 1. The minimum absolute atomic E-state index is 0.00674. The standard InChI is InChI=1S/C22H27NO3/c1-15(2)26-21-13-17(9-10-20(21)25-3)19-12-18(22(24)23-14-19)11-16-7-5-4-6-8-16/h4-10,13,15,18-19H,11-12,14H2,1-3H3,(H,23,24). The van der Waals surface area contributed by atoms with Crippen molar-refractivity contribution >= 4 is 5.91 Å². The van der Waals surface area contributed by atoms with Crippen LogP contribution in [0.3, 0.4) is 0 Å². The van der Waals surface area contributed by atoms with E-state index in [1.54, 1.807) is 7.11 Å². The molecule has 0 saturated carbocycles. The van der Waals surface area contributed by atoms with Crippen molar-refractivity contribution in [2.45, 2.75) is 38.7 Å². The number of amides is 1. The first-order valence-electron chi connectivity index (χ1n) is 9.23. The van der Waals surface area contributed by atoms with Crippen molar-refractivity contribution in [3.05, 3.63) is 59.7 Å². The quantitative estimate of drug-likeness (QED) is 0.855. The molecule has 0 spiro atoms. The highest BCUT2D eigenvalue weighted by Gasteiger charge is 2.30. The number of hydrogen-bond donors (Lipinski definition) is 1. The van der Waals surface area contributed by atoms with Gasteiger partial charge in [-0.3, -0.25) is 4.79 Å². The number of benzene rings is 2. The van der Waals surface area contributed by atoms with Crippen LogP contribution in [0.5, 0.6) is 11.5 Å². The Morgan fingerprint density at radius 2 is 1.88 bits per heavy atom. The number of hydrogen-bond acceptors (Lipinski definition) is 3. The third kappa shape index (κ3) is 4.37. The molecule has 1 amide bonds. The summed E-state index contributed by atoms with van der Waals surface area (Å²) in [5, 5.41) is 3.08. The van der Waals surface area contributed by atoms with Gasteiger partial charge in [-0.05, 0) is 49.9 Å². The molecule has 26 heavy (non-hydrogen) atoms. The van der Waals surface area contributed by atoms with Crippen molar-refractivity contribution in [1.82, 2.24) is 5.32 Å². The van der Waals surface area contributed by atoms with Crippen molar-refractivity contribution in [2.75, 3.05) is 13.7 Å². The highest BCUT2D eigenvalue weighted by atomic mass is 16.5. The summed E-state index contributed by atoms with van der Waals surface area (Å²) in [6, 6.07) is 16.3. The lowest BCUT2D eigenvalue weighted by Crippen LogP contribution is -2.41. The number of carbonyl (C=O) groups excluding carboxylic acids is 1. The van der Waals surface area contributed by atoms with Crippen molar-refractivity contribution in [2.24, 2.45) is 5.92 Å². The molecule has 1 saturated heterocycles. The smallest absolute Gasteiger partial charge is 0.223 e. The molecule has 1 fully saturated rings. The predicted octanol–water partition coefficient (Wildman–Crippen LogP) is 3.94. The zero-order valence-electron chi connectivity index (χ0n) is 15.7. The average Bonchev–Trinajstić information content (AvgIpc) is 2.64. The van der Waals surface area contributed by atoms with Crippen molar-refractivity contribution < 1.29 is 14.3 Å². The van der Waals surface area contributed by atoms with Crippen LogP contribution in [0.2, 0.25) is 0 Å². The Kier molecular flexibility index (Phi) is 5.82. The van der Waals surface area contributed by atoms with Crippen LogP contribution in [-0.4, -0.2) is 25.7 Å². The Morgan fingerprint density at radius 1 is 1.12 bits per heavy atom. The maximum Gasteiger partial charge on any atom is 0.223 e. The fourth-order valence-electron chi connectivity index (χ4n) is 3.52. The molecule has 2 aromatic rings. The van der Waals surface area contributed by atoms with E-state index in [4.69, 9.17) is 9.47 Å². The van der Waals surface area contributed by atoms with Gasteiger partial charge in [-0.15, -0.1) is 0 Å². The number of ether oxygens (including phenoxy) is 2. The van der Waals surface area contributed by atoms with Gasteiger partial charge in [0.2, 0.25) is 5.91 Å². The van der Waals surface area contributed by atoms with E-state index in [1.165, 1.54) is 11.1 Å². The molecular formula is C22H27NO3. The molecule has 1 aliphatic heterocycles. The number of nitrogens with one attached hydrogen (secondary N) is 1. The van der Waals surface area contributed by atoms with Crippen LogP contribution in [0.25, 0.3) is 0 Å². The lowest BCUT2D eigenvalue weighted by atomic mass is 9.82. The van der Waals surface area contributed by atoms with Crippen LogP contribution in [0.1, 0.15) is 37.3 Å². The molecule has 4 heteroatoms. The van der Waals surface area contributed by atoms with E-state index in [2.05, 4.69) is 29.6 Å². The second kappa shape index (κ2) is 8.26. The zero-order valence-corrected chi connectivity index (χ0v) is 15.7. The van der Waals surface area contributed by atoms with E-state index >= 15 is 0 Å². The molecule has 0 aromatic heterocycles. The van der Waals surface area contributed by atoms with E-state index in [-0.39, 0.29) is 23.8 Å². The Bertz CT molecular complexity index is 742. The van der Waals surface area contributed by atoms with Crippen LogP contribution >= 0.6 is 0 Å². The summed E-state index contributed by atoms with van der Waals surface area (Å²) >= 11 is 0. The first-order chi connectivity index (χ1) is 12.6. The largest absolute Gasteiger partial charge is 0.493 e. The minimum atomic E-state index is -0.00674. The average molecular weight is 353 g/mol. The van der Waals surface area contributed by atoms with Crippen LogP contribution in [0.4, 0.5) is 0 Å². The summed E-state index contributed by atoms with van der Waals surface area (Å²) in [6.07, 6.45) is 1.69. The molecule has 1 heterocycles. The summed E-state index contributed by atoms with van der Waals surface area (Å²) in [5.41, 5.74) is 2.38. The lowest BCUT2D eigenvalue weighted by Gasteiger charge is -2.30. The highest BCUT2D eigenvalue weighted by molar-refractivity contribution is 5.80. The molecule has 2 unspecified atom stereocenters. The fourth-order valence-corrected chi connectivity index (χ4v) is 3.52. The Morgan fingerprint density at radius 3 is 2.58 bits per heavy atom. The van der Waals surface area contributed by atoms with Gasteiger partial charge in [0, 0.05) is 18.4 Å². The van der Waals surface area contributed by atoms with Gasteiger partial charge in [0.1, 0.15) is 0 Å². The summed E-state index contributed by atoms with van der Waals surface area (Å²) in [4.78, 5) is 12.3. The second-order valence-corrected chi connectivity index (χ2v) is 7.14. The molecule has 2 atom stereocenters. The SMILES string of the molecule is COc1ccc(C2CNC(=O)C(Cc3ccccc3)C2)cc1OC(C)C. The van der Waals surface area contributed by atoms with Crippen LogP contribution < -0.4 is 14.8 Å². The third-order valence-electron chi connectivity index (χ3n) is 4.81. The Balaban J connectivity index is 1.77. The number of methoxy groups -OCH3 is 1. The maximum atomic E-state index is 12.3. The maximum absolute atomic E-state index is 12.3. The van der Waals surface area contributed by atoms with Crippen molar-refractivity contribution in [3.8, 4) is 11.5 Å². The summed E-state index contributed by atoms with van der Waals surface area (Å²) in [6.45, 7) is 4.67. The van der Waals surface area contributed by atoms with E-state index in [1.807, 2.05) is 38.1 Å². The molecule has 0 aliphatic carbocycles. The molecule has 2 aromatic carbocycles. The van der Waals surface area contributed by atoms with E-state index in [0.29, 0.717) is 6.54 Å². The van der Waals surface area contributed by atoms with Crippen molar-refractivity contribution in [1.29, 1.82) is 0 Å². The van der Waals surface area contributed by atoms with Gasteiger partial charge < -0.3 is 14.8 Å². The minimum Gasteiger partial charge on any atom is -0.493 e. The topological polar surface area (TPSA) is 47.6 Å². The molecule has 1 aliphatic rings. The first kappa shape index (κ1) is 18.3. The van der Waals surface area contributed by atoms with Gasteiger partial charge in [0.15, 0.2) is 11.5 Å². The molecule has 138 valence electrons. The molecule has 3 rings (SSSR count). The second-order valence-electron chi connectivity index (χ2n) is 7.14. The normalized spacial score (nSPS) is 19.9. The van der Waals surface area contributed by atoms with Gasteiger partial charge in [-0.2, -0.15) is 0 Å². The van der Waals surface area contributed by atoms with E-state index < -0.39 is 0 Å². The van der Waals surface area contributed by atoms with Gasteiger partial charge in [0.25, 0.3) is 0 Å². The highest BCUT2D eigenvalue weighted by Crippen LogP contribution is 2.35. The summed E-state index contributed by atoms with van der Waals surface area (Å²) in [5.74, 6) is 1.92. The number of rotatable bonds is 6.